The van der Waals surface area contributed by atoms with Crippen molar-refractivity contribution in [3.8, 4) is 11.3 Å². The first kappa shape index (κ1) is 31.4. The van der Waals surface area contributed by atoms with Crippen LogP contribution in [0, 0.1) is 0 Å². The Bertz CT molecular complexity index is 1790. The van der Waals surface area contributed by atoms with Crippen LogP contribution in [0.5, 0.6) is 0 Å². The first-order valence-electron chi connectivity index (χ1n) is 15.5. The summed E-state index contributed by atoms with van der Waals surface area (Å²) in [4.78, 5) is 23.5. The second kappa shape index (κ2) is 12.1. The van der Waals surface area contributed by atoms with E-state index in [1.165, 1.54) is 12.1 Å². The lowest BCUT2D eigenvalue weighted by Crippen LogP contribution is -2.51. The number of fused-ring (bicyclic) bond motifs is 1. The Morgan fingerprint density at radius 3 is 2.35 bits per heavy atom. The molecule has 1 amide bonds. The van der Waals surface area contributed by atoms with Crippen LogP contribution >= 0.6 is 23.2 Å². The number of primary amides is 1. The number of carbonyl (C=O) groups is 1. The zero-order valence-electron chi connectivity index (χ0n) is 25.0. The molecule has 7 rings (SSSR count). The van der Waals surface area contributed by atoms with E-state index in [1.807, 2.05) is 18.2 Å². The molecule has 2 aliphatic heterocycles. The maximum atomic E-state index is 14.1. The molecule has 2 N–H and O–H groups in total. The largest absolute Gasteiger partial charge is 0.417 e. The molecule has 3 aliphatic rings. The highest BCUT2D eigenvalue weighted by Crippen LogP contribution is 2.65. The maximum absolute atomic E-state index is 14.1. The minimum absolute atomic E-state index is 0.0432. The van der Waals surface area contributed by atoms with Crippen LogP contribution in [0.25, 0.3) is 22.2 Å². The number of halogens is 5. The van der Waals surface area contributed by atoms with Crippen molar-refractivity contribution in [2.24, 2.45) is 5.73 Å². The molecule has 2 atom stereocenters. The number of morpholine rings is 1. The normalized spacial score (nSPS) is 23.1. The Kier molecular flexibility index (Phi) is 8.26. The van der Waals surface area contributed by atoms with Gasteiger partial charge in [-0.25, -0.2) is 4.98 Å². The van der Waals surface area contributed by atoms with E-state index in [-0.39, 0.29) is 17.0 Å². The molecule has 1 aliphatic carbocycles. The summed E-state index contributed by atoms with van der Waals surface area (Å²) in [7, 11) is 0. The molecule has 0 spiro atoms. The van der Waals surface area contributed by atoms with Crippen molar-refractivity contribution in [3.05, 3.63) is 99.0 Å². The summed E-state index contributed by atoms with van der Waals surface area (Å²) in [5.74, 6) is -0.726. The van der Waals surface area contributed by atoms with Crippen LogP contribution < -0.4 is 5.73 Å². The predicted octanol–water partition coefficient (Wildman–Crippen LogP) is 7.51. The van der Waals surface area contributed by atoms with Gasteiger partial charge in [0.2, 0.25) is 5.91 Å². The minimum atomic E-state index is -4.69. The number of amides is 1. The number of rotatable bonds is 6. The van der Waals surface area contributed by atoms with E-state index in [1.54, 1.807) is 18.2 Å². The van der Waals surface area contributed by atoms with E-state index in [9.17, 15) is 18.0 Å². The maximum Gasteiger partial charge on any atom is 0.417 e. The van der Waals surface area contributed by atoms with Crippen LogP contribution in [0.4, 0.5) is 13.2 Å². The van der Waals surface area contributed by atoms with E-state index >= 15 is 0 Å². The Morgan fingerprint density at radius 1 is 0.957 bits per heavy atom. The van der Waals surface area contributed by atoms with Crippen molar-refractivity contribution < 1.29 is 22.7 Å². The van der Waals surface area contributed by atoms with E-state index in [4.69, 9.17) is 38.7 Å². The van der Waals surface area contributed by atoms with E-state index in [0.717, 1.165) is 63.9 Å². The number of nitrogens with two attached hydrogens (primary N) is 1. The molecular formula is C35H33Cl2F3N4O2. The van der Waals surface area contributed by atoms with Gasteiger partial charge < -0.3 is 10.5 Å². The molecule has 0 radical (unpaired) electrons. The highest BCUT2D eigenvalue weighted by atomic mass is 35.5. The quantitative estimate of drug-likeness (QED) is 0.230. The van der Waals surface area contributed by atoms with Crippen LogP contribution in [0.1, 0.15) is 52.2 Å². The SMILES string of the molecule is NC(=O)c1c(C2(N3CCC(N4CCOCC4)CC3)CC2c2ccccc2)c(-c2ccc(Cl)c(C(F)(F)F)c2)nc2ccc(Cl)cc12. The molecule has 2 saturated heterocycles. The number of carbonyl (C=O) groups excluding carboxylic acids is 1. The number of piperidine rings is 1. The fourth-order valence-corrected chi connectivity index (χ4v) is 8.10. The summed E-state index contributed by atoms with van der Waals surface area (Å²) in [6, 6.07) is 19.2. The molecule has 3 heterocycles. The number of pyridine rings is 1. The number of aromatic nitrogens is 1. The summed E-state index contributed by atoms with van der Waals surface area (Å²) in [5, 5.41) is 0.469. The predicted molar refractivity (Wildman–Crippen MR) is 173 cm³/mol. The number of likely N-dealkylation sites (tertiary alicyclic amines) is 1. The molecule has 6 nitrogen and oxygen atoms in total. The Morgan fingerprint density at radius 2 is 1.67 bits per heavy atom. The lowest BCUT2D eigenvalue weighted by molar-refractivity contribution is -0.137. The summed E-state index contributed by atoms with van der Waals surface area (Å²) >= 11 is 12.5. The van der Waals surface area contributed by atoms with Gasteiger partial charge in [0.25, 0.3) is 0 Å². The van der Waals surface area contributed by atoms with E-state index in [0.29, 0.717) is 39.6 Å². The first-order chi connectivity index (χ1) is 22.1. The second-order valence-corrected chi connectivity index (χ2v) is 13.2. The lowest BCUT2D eigenvalue weighted by Gasteiger charge is -2.44. The van der Waals surface area contributed by atoms with Crippen molar-refractivity contribution >= 4 is 40.0 Å². The Balaban J connectivity index is 1.45. The molecule has 0 bridgehead atoms. The van der Waals surface area contributed by atoms with E-state index in [2.05, 4.69) is 21.9 Å². The standard InChI is InChI=1S/C35H33Cl2F3N4O2/c36-23-7-9-29-25(19-23)30(33(41)45)31(32(42-29)22-6-8-28(37)26(18-22)35(38,39)40)34(20-27(34)21-4-2-1-3-5-21)44-12-10-24(11-13-44)43-14-16-46-17-15-43/h1-9,18-19,24,27H,10-17,20H2,(H2,41,45). The Labute approximate surface area is 275 Å². The molecule has 3 aromatic carbocycles. The average Bonchev–Trinajstić information content (AvgIpc) is 3.81. The zero-order chi connectivity index (χ0) is 32.2. The highest BCUT2D eigenvalue weighted by Gasteiger charge is 2.62. The second-order valence-electron chi connectivity index (χ2n) is 12.4. The smallest absolute Gasteiger partial charge is 0.379 e. The summed E-state index contributed by atoms with van der Waals surface area (Å²) in [6.07, 6.45) is -2.21. The monoisotopic (exact) mass is 668 g/mol. The third-order valence-electron chi connectivity index (χ3n) is 9.90. The molecule has 2 unspecified atom stereocenters. The number of alkyl halides is 3. The van der Waals surface area contributed by atoms with Gasteiger partial charge in [-0.05, 0) is 55.2 Å². The third-order valence-corrected chi connectivity index (χ3v) is 10.5. The number of hydrogen-bond acceptors (Lipinski definition) is 5. The fraction of sp³-hybridized carbons (Fsp3) is 0.371. The van der Waals surface area contributed by atoms with Crippen molar-refractivity contribution in [2.45, 2.75) is 42.9 Å². The van der Waals surface area contributed by atoms with Crippen LogP contribution in [0.2, 0.25) is 10.0 Å². The highest BCUT2D eigenvalue weighted by molar-refractivity contribution is 6.32. The average molecular weight is 670 g/mol. The van der Waals surface area contributed by atoms with Crippen LogP contribution in [0.15, 0.2) is 66.7 Å². The van der Waals surface area contributed by atoms with Crippen molar-refractivity contribution in [1.29, 1.82) is 0 Å². The van der Waals surface area contributed by atoms with Gasteiger partial charge >= 0.3 is 6.18 Å². The lowest BCUT2D eigenvalue weighted by atomic mass is 9.85. The zero-order valence-corrected chi connectivity index (χ0v) is 26.5. The van der Waals surface area contributed by atoms with Crippen LogP contribution in [0.3, 0.4) is 0 Å². The first-order valence-corrected chi connectivity index (χ1v) is 16.3. The third kappa shape index (κ3) is 5.56. The molecule has 1 aromatic heterocycles. The fourth-order valence-electron chi connectivity index (χ4n) is 7.70. The number of ether oxygens (including phenoxy) is 1. The Hall–Kier alpha value is -3.21. The van der Waals surface area contributed by atoms with Gasteiger partial charge in [-0.2, -0.15) is 13.2 Å². The molecule has 3 fully saturated rings. The topological polar surface area (TPSA) is 71.7 Å². The molecular weight excluding hydrogens is 636 g/mol. The van der Waals surface area contributed by atoms with Gasteiger partial charge in [0.15, 0.2) is 0 Å². The molecule has 240 valence electrons. The summed E-state index contributed by atoms with van der Waals surface area (Å²) in [6.45, 7) is 4.71. The number of benzene rings is 3. The molecule has 11 heteroatoms. The minimum Gasteiger partial charge on any atom is -0.379 e. The van der Waals surface area contributed by atoms with Gasteiger partial charge in [-0.1, -0.05) is 59.6 Å². The van der Waals surface area contributed by atoms with Gasteiger partial charge in [-0.3, -0.25) is 14.6 Å². The summed E-state index contributed by atoms with van der Waals surface area (Å²) < 4.78 is 48.0. The van der Waals surface area contributed by atoms with Gasteiger partial charge in [0.05, 0.1) is 46.1 Å². The van der Waals surface area contributed by atoms with Gasteiger partial charge in [0.1, 0.15) is 0 Å². The molecule has 1 saturated carbocycles. The van der Waals surface area contributed by atoms with E-state index < -0.39 is 28.2 Å². The van der Waals surface area contributed by atoms with Crippen molar-refractivity contribution in [1.82, 2.24) is 14.8 Å². The van der Waals surface area contributed by atoms with Crippen LogP contribution in [-0.4, -0.2) is 66.1 Å². The van der Waals surface area contributed by atoms with Gasteiger partial charge in [-0.15, -0.1) is 0 Å². The van der Waals surface area contributed by atoms with Crippen molar-refractivity contribution in [2.75, 3.05) is 39.4 Å². The number of nitrogens with zero attached hydrogens (tertiary/aromatic N) is 3. The summed E-state index contributed by atoms with van der Waals surface area (Å²) in [5.41, 5.74) is 7.29. The molecule has 4 aromatic rings. The van der Waals surface area contributed by atoms with Crippen LogP contribution in [-0.2, 0) is 16.5 Å². The van der Waals surface area contributed by atoms with Crippen molar-refractivity contribution in [3.63, 3.8) is 0 Å². The van der Waals surface area contributed by atoms with Gasteiger partial charge in [0, 0.05) is 59.7 Å². The number of hydrogen-bond donors (Lipinski definition) is 1. The molecule has 46 heavy (non-hydrogen) atoms.